The number of rotatable bonds is 0. The molecule has 0 saturated heterocycles. The van der Waals surface area contributed by atoms with Crippen molar-refractivity contribution in [1.82, 2.24) is 0 Å². The van der Waals surface area contributed by atoms with E-state index < -0.39 is 0 Å². The van der Waals surface area contributed by atoms with Crippen molar-refractivity contribution in [3.63, 3.8) is 0 Å². The van der Waals surface area contributed by atoms with E-state index in [9.17, 15) is 0 Å². The summed E-state index contributed by atoms with van der Waals surface area (Å²) in [6.07, 6.45) is 0. The maximum Gasteiger partial charge on any atom is 0.0245 e. The Morgan fingerprint density at radius 1 is 1.20 bits per heavy atom. The van der Waals surface area contributed by atoms with Gasteiger partial charge in [-0.15, -0.1) is 18.5 Å². The van der Waals surface area contributed by atoms with Crippen molar-refractivity contribution in [3.8, 4) is 11.8 Å². The topological polar surface area (TPSA) is 0 Å². The monoisotopic (exact) mass is 148 g/mol. The molecule has 0 fully saturated rings. The predicted octanol–water partition coefficient (Wildman–Crippen LogP) is 2.35. The zero-order valence-corrected chi connectivity index (χ0v) is 6.65. The quantitative estimate of drug-likeness (QED) is 0.424. The van der Waals surface area contributed by atoms with Crippen LogP contribution in [-0.2, 0) is 0 Å². The van der Waals surface area contributed by atoms with Crippen molar-refractivity contribution in [2.24, 2.45) is 0 Å². The molecule has 0 aliphatic rings. The molecule has 10 heavy (non-hydrogen) atoms. The molecule has 0 unspecified atom stereocenters. The van der Waals surface area contributed by atoms with Crippen LogP contribution in [0.1, 0.15) is 12.5 Å². The highest BCUT2D eigenvalue weighted by molar-refractivity contribution is 7.80. The predicted molar refractivity (Wildman–Crippen MR) is 46.2 cm³/mol. The summed E-state index contributed by atoms with van der Waals surface area (Å²) in [4.78, 5) is 0.974. The third-order valence-corrected chi connectivity index (χ3v) is 1.43. The van der Waals surface area contributed by atoms with Crippen LogP contribution in [0.5, 0.6) is 0 Å². The lowest BCUT2D eigenvalue weighted by Gasteiger charge is -1.89. The summed E-state index contributed by atoms with van der Waals surface area (Å²) in [5, 5.41) is 0. The molecule has 0 amide bonds. The summed E-state index contributed by atoms with van der Waals surface area (Å²) in [6, 6.07) is 7.78. The smallest absolute Gasteiger partial charge is 0.0245 e. The molecule has 0 spiro atoms. The van der Waals surface area contributed by atoms with E-state index in [1.165, 1.54) is 0 Å². The average Bonchev–Trinajstić information content (AvgIpc) is 1.95. The summed E-state index contributed by atoms with van der Waals surface area (Å²) in [5.74, 6) is 5.78. The number of thiol groups is 1. The molecule has 0 bridgehead atoms. The fourth-order valence-corrected chi connectivity index (χ4v) is 0.838. The van der Waals surface area contributed by atoms with Crippen molar-refractivity contribution >= 4 is 12.6 Å². The standard InChI is InChI=1S/C9H8S/c1-2-3-8-4-6-9(10)7-5-8/h4-7,10H,1H3. The van der Waals surface area contributed by atoms with Crippen LogP contribution in [-0.4, -0.2) is 0 Å². The van der Waals surface area contributed by atoms with Gasteiger partial charge in [-0.3, -0.25) is 0 Å². The molecule has 1 rings (SSSR count). The van der Waals surface area contributed by atoms with Gasteiger partial charge >= 0.3 is 0 Å². The van der Waals surface area contributed by atoms with Gasteiger partial charge in [0.2, 0.25) is 0 Å². The zero-order valence-electron chi connectivity index (χ0n) is 5.76. The normalized spacial score (nSPS) is 8.20. The second-order valence-electron chi connectivity index (χ2n) is 1.92. The van der Waals surface area contributed by atoms with Crippen LogP contribution in [0, 0.1) is 11.8 Å². The highest BCUT2D eigenvalue weighted by atomic mass is 32.1. The minimum Gasteiger partial charge on any atom is -0.143 e. The SMILES string of the molecule is CC#Cc1ccc(S)cc1. The minimum atomic E-state index is 0.974. The molecule has 50 valence electrons. The summed E-state index contributed by atoms with van der Waals surface area (Å²) in [6.45, 7) is 1.83. The lowest BCUT2D eigenvalue weighted by atomic mass is 10.2. The minimum absolute atomic E-state index is 0.974. The molecule has 0 radical (unpaired) electrons. The van der Waals surface area contributed by atoms with E-state index in [0.717, 1.165) is 10.5 Å². The number of hydrogen-bond donors (Lipinski definition) is 1. The summed E-state index contributed by atoms with van der Waals surface area (Å²) >= 11 is 4.15. The van der Waals surface area contributed by atoms with E-state index in [0.29, 0.717) is 0 Å². The first-order valence-corrected chi connectivity index (χ1v) is 3.49. The number of hydrogen-bond acceptors (Lipinski definition) is 1. The largest absolute Gasteiger partial charge is 0.143 e. The van der Waals surface area contributed by atoms with E-state index >= 15 is 0 Å². The van der Waals surface area contributed by atoms with Gasteiger partial charge in [0.25, 0.3) is 0 Å². The van der Waals surface area contributed by atoms with Gasteiger partial charge in [0.15, 0.2) is 0 Å². The molecular weight excluding hydrogens is 140 g/mol. The lowest BCUT2D eigenvalue weighted by molar-refractivity contribution is 1.46. The van der Waals surface area contributed by atoms with Gasteiger partial charge in [0, 0.05) is 10.5 Å². The van der Waals surface area contributed by atoms with Crippen LogP contribution >= 0.6 is 12.6 Å². The van der Waals surface area contributed by atoms with E-state index in [1.54, 1.807) is 0 Å². The number of benzene rings is 1. The Balaban J connectivity index is 2.97. The van der Waals surface area contributed by atoms with Crippen molar-refractivity contribution in [3.05, 3.63) is 29.8 Å². The first-order valence-electron chi connectivity index (χ1n) is 3.04. The van der Waals surface area contributed by atoms with Crippen LogP contribution in [0.25, 0.3) is 0 Å². The van der Waals surface area contributed by atoms with Gasteiger partial charge < -0.3 is 0 Å². The van der Waals surface area contributed by atoms with Crippen molar-refractivity contribution < 1.29 is 0 Å². The van der Waals surface area contributed by atoms with Crippen molar-refractivity contribution in [2.45, 2.75) is 11.8 Å². The van der Waals surface area contributed by atoms with Gasteiger partial charge in [-0.2, -0.15) is 0 Å². The summed E-state index contributed by atoms with van der Waals surface area (Å²) in [7, 11) is 0. The Kier molecular flexibility index (Phi) is 2.42. The molecule has 1 aromatic carbocycles. The van der Waals surface area contributed by atoms with Crippen LogP contribution in [0.2, 0.25) is 0 Å². The highest BCUT2D eigenvalue weighted by Gasteiger charge is 1.84. The van der Waals surface area contributed by atoms with Gasteiger partial charge in [0.1, 0.15) is 0 Å². The molecule has 0 atom stereocenters. The van der Waals surface area contributed by atoms with Gasteiger partial charge in [-0.25, -0.2) is 0 Å². The fraction of sp³-hybridized carbons (Fsp3) is 0.111. The maximum atomic E-state index is 4.15. The maximum absolute atomic E-state index is 4.15. The molecular formula is C9H8S. The summed E-state index contributed by atoms with van der Waals surface area (Å²) in [5.41, 5.74) is 1.04. The Morgan fingerprint density at radius 2 is 1.80 bits per heavy atom. The molecule has 0 heterocycles. The Labute approximate surface area is 66.7 Å². The third-order valence-electron chi connectivity index (χ3n) is 1.14. The van der Waals surface area contributed by atoms with Gasteiger partial charge in [-0.1, -0.05) is 5.92 Å². The van der Waals surface area contributed by atoms with Gasteiger partial charge in [0.05, 0.1) is 0 Å². The zero-order chi connectivity index (χ0) is 7.40. The molecule has 0 saturated carbocycles. The fourth-order valence-electron chi connectivity index (χ4n) is 0.689. The summed E-state index contributed by atoms with van der Waals surface area (Å²) < 4.78 is 0. The van der Waals surface area contributed by atoms with E-state index in [-0.39, 0.29) is 0 Å². The van der Waals surface area contributed by atoms with Crippen LogP contribution in [0.15, 0.2) is 29.2 Å². The third kappa shape index (κ3) is 1.82. The van der Waals surface area contributed by atoms with E-state index in [2.05, 4.69) is 24.5 Å². The van der Waals surface area contributed by atoms with Crippen LogP contribution < -0.4 is 0 Å². The molecule has 0 aromatic heterocycles. The first kappa shape index (κ1) is 7.24. The van der Waals surface area contributed by atoms with Crippen LogP contribution in [0.4, 0.5) is 0 Å². The average molecular weight is 148 g/mol. The first-order chi connectivity index (χ1) is 4.83. The molecule has 0 nitrogen and oxygen atoms in total. The second kappa shape index (κ2) is 3.34. The molecule has 0 aliphatic heterocycles. The molecule has 1 heteroatoms. The Bertz CT molecular complexity index is 261. The van der Waals surface area contributed by atoms with E-state index in [4.69, 9.17) is 0 Å². The second-order valence-corrected chi connectivity index (χ2v) is 2.44. The van der Waals surface area contributed by atoms with E-state index in [1.807, 2.05) is 31.2 Å². The van der Waals surface area contributed by atoms with Crippen LogP contribution in [0.3, 0.4) is 0 Å². The highest BCUT2D eigenvalue weighted by Crippen LogP contribution is 2.05. The van der Waals surface area contributed by atoms with Crippen molar-refractivity contribution in [2.75, 3.05) is 0 Å². The lowest BCUT2D eigenvalue weighted by Crippen LogP contribution is -1.71. The van der Waals surface area contributed by atoms with Crippen molar-refractivity contribution in [1.29, 1.82) is 0 Å². The molecule has 0 aliphatic carbocycles. The molecule has 1 aromatic rings. The Morgan fingerprint density at radius 3 is 2.30 bits per heavy atom. The molecule has 0 N–H and O–H groups in total. The Hall–Kier alpha value is -0.870. The van der Waals surface area contributed by atoms with Gasteiger partial charge in [-0.05, 0) is 31.2 Å².